The quantitative estimate of drug-likeness (QED) is 0.801. The Morgan fingerprint density at radius 1 is 1.05 bits per heavy atom. The molecule has 0 amide bonds. The van der Waals surface area contributed by atoms with Crippen LogP contribution in [0.3, 0.4) is 0 Å². The average Bonchev–Trinajstić information content (AvgIpc) is 2.95. The Bertz CT molecular complexity index is 862. The van der Waals surface area contributed by atoms with E-state index in [4.69, 9.17) is 14.7 Å². The summed E-state index contributed by atoms with van der Waals surface area (Å²) in [5.41, 5.74) is 5.67. The molecular weight excluding hydrogens is 278 g/mol. The number of fused-ring (bicyclic) bond motifs is 1. The van der Waals surface area contributed by atoms with Crippen LogP contribution in [0.5, 0.6) is 11.5 Å². The van der Waals surface area contributed by atoms with E-state index in [0.717, 1.165) is 16.6 Å². The van der Waals surface area contributed by atoms with Gasteiger partial charge in [-0.05, 0) is 30.3 Å². The lowest BCUT2D eigenvalue weighted by atomic mass is 10.2. The van der Waals surface area contributed by atoms with E-state index in [-0.39, 0.29) is 0 Å². The van der Waals surface area contributed by atoms with Gasteiger partial charge in [0.05, 0.1) is 37.1 Å². The third kappa shape index (κ3) is 2.42. The first-order valence-electron chi connectivity index (χ1n) is 6.75. The van der Waals surface area contributed by atoms with Crippen LogP contribution >= 0.6 is 0 Å². The van der Waals surface area contributed by atoms with E-state index in [1.54, 1.807) is 26.4 Å². The summed E-state index contributed by atoms with van der Waals surface area (Å²) in [6.45, 7) is 0. The van der Waals surface area contributed by atoms with Gasteiger partial charge < -0.3 is 9.47 Å². The number of hydrogen-bond acceptors (Lipinski definition) is 4. The smallest absolute Gasteiger partial charge is 0.162 e. The van der Waals surface area contributed by atoms with Crippen molar-refractivity contribution in [2.24, 2.45) is 0 Å². The van der Waals surface area contributed by atoms with E-state index in [1.165, 1.54) is 0 Å². The van der Waals surface area contributed by atoms with Crippen LogP contribution < -0.4 is 14.9 Å². The fraction of sp³-hybridized carbons (Fsp3) is 0.118. The number of benzene rings is 2. The second kappa shape index (κ2) is 5.70. The van der Waals surface area contributed by atoms with Gasteiger partial charge in [0, 0.05) is 17.6 Å². The van der Waals surface area contributed by atoms with E-state index < -0.39 is 0 Å². The molecule has 0 spiro atoms. The highest BCUT2D eigenvalue weighted by Crippen LogP contribution is 2.32. The SMILES string of the molecule is COc1cc2ccn(Nc3cccc(C#N)c3)c2cc1OC. The van der Waals surface area contributed by atoms with E-state index >= 15 is 0 Å². The zero-order chi connectivity index (χ0) is 15.5. The molecule has 3 aromatic rings. The Hall–Kier alpha value is -3.13. The Kier molecular flexibility index (Phi) is 3.58. The van der Waals surface area contributed by atoms with Crippen LogP contribution in [0.4, 0.5) is 5.69 Å². The zero-order valence-corrected chi connectivity index (χ0v) is 12.3. The van der Waals surface area contributed by atoms with Crippen LogP contribution in [-0.2, 0) is 0 Å². The number of methoxy groups -OCH3 is 2. The summed E-state index contributed by atoms with van der Waals surface area (Å²) < 4.78 is 12.5. The van der Waals surface area contributed by atoms with Crippen molar-refractivity contribution in [1.82, 2.24) is 4.68 Å². The summed E-state index contributed by atoms with van der Waals surface area (Å²) in [5, 5.41) is 10.0. The molecule has 2 aromatic carbocycles. The van der Waals surface area contributed by atoms with Gasteiger partial charge in [0.2, 0.25) is 0 Å². The van der Waals surface area contributed by atoms with Crippen molar-refractivity contribution < 1.29 is 9.47 Å². The van der Waals surface area contributed by atoms with Gasteiger partial charge in [0.25, 0.3) is 0 Å². The molecule has 0 atom stereocenters. The second-order valence-corrected chi connectivity index (χ2v) is 4.76. The molecule has 0 aliphatic carbocycles. The molecule has 3 rings (SSSR count). The van der Waals surface area contributed by atoms with Crippen LogP contribution in [0.2, 0.25) is 0 Å². The lowest BCUT2D eigenvalue weighted by molar-refractivity contribution is 0.356. The molecule has 0 saturated heterocycles. The molecule has 0 radical (unpaired) electrons. The molecule has 5 heteroatoms. The summed E-state index contributed by atoms with van der Waals surface area (Å²) in [6, 6.07) is 15.3. The molecule has 0 aliphatic rings. The Balaban J connectivity index is 2.02. The first kappa shape index (κ1) is 13.8. The van der Waals surface area contributed by atoms with Gasteiger partial charge >= 0.3 is 0 Å². The number of hydrogen-bond donors (Lipinski definition) is 1. The summed E-state index contributed by atoms with van der Waals surface area (Å²) >= 11 is 0. The van der Waals surface area contributed by atoms with E-state index in [2.05, 4.69) is 11.5 Å². The molecule has 0 saturated carbocycles. The number of nitriles is 1. The number of nitrogens with one attached hydrogen (secondary N) is 1. The van der Waals surface area contributed by atoms with Gasteiger partial charge in [-0.25, -0.2) is 0 Å². The Labute approximate surface area is 128 Å². The summed E-state index contributed by atoms with van der Waals surface area (Å²) in [5.74, 6) is 1.36. The number of nitrogens with zero attached hydrogens (tertiary/aromatic N) is 2. The highest BCUT2D eigenvalue weighted by atomic mass is 16.5. The van der Waals surface area contributed by atoms with Gasteiger partial charge in [-0.2, -0.15) is 5.26 Å². The minimum atomic E-state index is 0.612. The maximum absolute atomic E-state index is 8.97. The normalized spacial score (nSPS) is 10.2. The first-order chi connectivity index (χ1) is 10.7. The van der Waals surface area contributed by atoms with Crippen molar-refractivity contribution in [2.75, 3.05) is 19.6 Å². The van der Waals surface area contributed by atoms with Crippen molar-refractivity contribution in [1.29, 1.82) is 5.26 Å². The average molecular weight is 293 g/mol. The molecule has 5 nitrogen and oxygen atoms in total. The van der Waals surface area contributed by atoms with Crippen LogP contribution in [0.1, 0.15) is 5.56 Å². The minimum Gasteiger partial charge on any atom is -0.493 e. The number of anilines is 1. The van der Waals surface area contributed by atoms with E-state index in [0.29, 0.717) is 17.1 Å². The predicted octanol–water partition coefficient (Wildman–Crippen LogP) is 3.41. The zero-order valence-electron chi connectivity index (χ0n) is 12.3. The lowest BCUT2D eigenvalue weighted by Crippen LogP contribution is -2.07. The van der Waals surface area contributed by atoms with Gasteiger partial charge in [0.1, 0.15) is 0 Å². The van der Waals surface area contributed by atoms with Crippen LogP contribution in [0, 0.1) is 11.3 Å². The van der Waals surface area contributed by atoms with E-state index in [9.17, 15) is 0 Å². The third-order valence-electron chi connectivity index (χ3n) is 3.44. The molecule has 1 heterocycles. The number of rotatable bonds is 4. The predicted molar refractivity (Wildman–Crippen MR) is 85.2 cm³/mol. The number of aromatic nitrogens is 1. The summed E-state index contributed by atoms with van der Waals surface area (Å²) in [4.78, 5) is 0. The van der Waals surface area contributed by atoms with Gasteiger partial charge in [-0.1, -0.05) is 6.07 Å². The van der Waals surface area contributed by atoms with Gasteiger partial charge in [0.15, 0.2) is 11.5 Å². The molecule has 0 unspecified atom stereocenters. The van der Waals surface area contributed by atoms with Crippen molar-refractivity contribution in [3.63, 3.8) is 0 Å². The summed E-state index contributed by atoms with van der Waals surface area (Å²) in [6.07, 6.45) is 1.92. The minimum absolute atomic E-state index is 0.612. The van der Waals surface area contributed by atoms with Gasteiger partial charge in [-0.3, -0.25) is 10.1 Å². The Morgan fingerprint density at radius 3 is 2.55 bits per heavy atom. The number of ether oxygens (including phenoxy) is 2. The van der Waals surface area contributed by atoms with Crippen LogP contribution in [0.15, 0.2) is 48.7 Å². The topological polar surface area (TPSA) is 59.2 Å². The van der Waals surface area contributed by atoms with E-state index in [1.807, 2.05) is 41.2 Å². The standard InChI is InChI=1S/C17H15N3O2/c1-21-16-9-13-6-7-20(15(13)10-17(16)22-2)19-14-5-3-4-12(8-14)11-18/h3-10,19H,1-2H3. The molecule has 1 aromatic heterocycles. The largest absolute Gasteiger partial charge is 0.493 e. The monoisotopic (exact) mass is 293 g/mol. The highest BCUT2D eigenvalue weighted by Gasteiger charge is 2.09. The molecule has 110 valence electrons. The van der Waals surface area contributed by atoms with Crippen molar-refractivity contribution in [3.8, 4) is 17.6 Å². The Morgan fingerprint density at radius 2 is 1.82 bits per heavy atom. The second-order valence-electron chi connectivity index (χ2n) is 4.76. The molecule has 0 fully saturated rings. The van der Waals surface area contributed by atoms with Crippen LogP contribution in [-0.4, -0.2) is 18.9 Å². The fourth-order valence-corrected chi connectivity index (χ4v) is 2.36. The maximum Gasteiger partial charge on any atom is 0.162 e. The molecular formula is C17H15N3O2. The van der Waals surface area contributed by atoms with Gasteiger partial charge in [-0.15, -0.1) is 0 Å². The first-order valence-corrected chi connectivity index (χ1v) is 6.75. The molecule has 0 bridgehead atoms. The molecule has 22 heavy (non-hydrogen) atoms. The third-order valence-corrected chi connectivity index (χ3v) is 3.44. The van der Waals surface area contributed by atoms with Crippen molar-refractivity contribution in [3.05, 3.63) is 54.2 Å². The maximum atomic E-state index is 8.97. The van der Waals surface area contributed by atoms with Crippen molar-refractivity contribution in [2.45, 2.75) is 0 Å². The lowest BCUT2D eigenvalue weighted by Gasteiger charge is -2.12. The molecule has 0 aliphatic heterocycles. The summed E-state index contributed by atoms with van der Waals surface area (Å²) in [7, 11) is 3.23. The van der Waals surface area contributed by atoms with Crippen LogP contribution in [0.25, 0.3) is 10.9 Å². The van der Waals surface area contributed by atoms with Crippen molar-refractivity contribution >= 4 is 16.6 Å². The fourth-order valence-electron chi connectivity index (χ4n) is 2.36. The highest BCUT2D eigenvalue weighted by molar-refractivity contribution is 5.84. The molecule has 1 N–H and O–H groups in total.